The van der Waals surface area contributed by atoms with Crippen LogP contribution >= 0.6 is 22.6 Å². The van der Waals surface area contributed by atoms with Gasteiger partial charge in [-0.2, -0.15) is 13.2 Å². The minimum absolute atomic E-state index is 0.0132. The Morgan fingerprint density at radius 1 is 1.45 bits per heavy atom. The number of nitrogens with zero attached hydrogens (tertiary/aromatic N) is 1. The number of halogens is 6. The first-order valence-electron chi connectivity index (χ1n) is 5.37. The van der Waals surface area contributed by atoms with Crippen molar-refractivity contribution in [2.75, 3.05) is 6.61 Å². The van der Waals surface area contributed by atoms with E-state index in [1.807, 2.05) is 0 Å². The Kier molecular flexibility index (Phi) is 5.66. The fraction of sp³-hybridized carbons (Fsp3) is 0.455. The van der Waals surface area contributed by atoms with E-state index in [0.29, 0.717) is 0 Å². The monoisotopic (exact) mass is 409 g/mol. The fourth-order valence-corrected chi connectivity index (χ4v) is 2.19. The van der Waals surface area contributed by atoms with Crippen LogP contribution in [0.25, 0.3) is 0 Å². The number of carbonyl (C=O) groups is 1. The van der Waals surface area contributed by atoms with Crippen LogP contribution in [-0.4, -0.2) is 17.6 Å². The highest BCUT2D eigenvalue weighted by molar-refractivity contribution is 14.1. The summed E-state index contributed by atoms with van der Waals surface area (Å²) in [7, 11) is 0. The van der Waals surface area contributed by atoms with E-state index in [2.05, 4.69) is 9.72 Å². The summed E-state index contributed by atoms with van der Waals surface area (Å²) < 4.78 is 68.0. The number of ether oxygens (including phenoxy) is 1. The first-order chi connectivity index (χ1) is 9.16. The topological polar surface area (TPSA) is 39.2 Å². The maximum absolute atomic E-state index is 12.8. The van der Waals surface area contributed by atoms with Crippen LogP contribution in [0.5, 0.6) is 0 Å². The molecule has 0 fully saturated rings. The van der Waals surface area contributed by atoms with E-state index < -0.39 is 41.9 Å². The van der Waals surface area contributed by atoms with Crippen LogP contribution < -0.4 is 0 Å². The summed E-state index contributed by atoms with van der Waals surface area (Å²) >= 11 is 1.47. The Morgan fingerprint density at radius 3 is 2.50 bits per heavy atom. The SMILES string of the molecule is CCOC(=O)Cc1c(I)cc(C(F)F)nc1C(F)(F)F. The highest BCUT2D eigenvalue weighted by atomic mass is 127. The number of carbonyl (C=O) groups excluding carboxylic acids is 1. The van der Waals surface area contributed by atoms with E-state index >= 15 is 0 Å². The molecule has 1 aromatic rings. The van der Waals surface area contributed by atoms with Crippen molar-refractivity contribution in [2.45, 2.75) is 25.9 Å². The molecule has 0 N–H and O–H groups in total. The number of esters is 1. The van der Waals surface area contributed by atoms with Crippen molar-refractivity contribution in [2.24, 2.45) is 0 Å². The molecular formula is C11H9F5INO2. The van der Waals surface area contributed by atoms with Gasteiger partial charge in [-0.3, -0.25) is 4.79 Å². The zero-order valence-electron chi connectivity index (χ0n) is 10.1. The molecular weight excluding hydrogens is 400 g/mol. The smallest absolute Gasteiger partial charge is 0.433 e. The molecule has 0 atom stereocenters. The van der Waals surface area contributed by atoms with Gasteiger partial charge in [-0.1, -0.05) is 0 Å². The molecule has 0 saturated carbocycles. The van der Waals surface area contributed by atoms with Gasteiger partial charge in [0.05, 0.1) is 13.0 Å². The third kappa shape index (κ3) is 4.25. The molecule has 3 nitrogen and oxygen atoms in total. The molecule has 112 valence electrons. The molecule has 0 amide bonds. The summed E-state index contributed by atoms with van der Waals surface area (Å²) in [6.45, 7) is 1.52. The molecule has 9 heteroatoms. The quantitative estimate of drug-likeness (QED) is 0.432. The number of rotatable bonds is 4. The largest absolute Gasteiger partial charge is 0.466 e. The van der Waals surface area contributed by atoms with Gasteiger partial charge in [-0.15, -0.1) is 0 Å². The predicted octanol–water partition coefficient (Wildman–Crippen LogP) is 3.75. The standard InChI is InChI=1S/C11H9F5INO2/c1-2-20-8(19)3-5-6(17)4-7(10(12)13)18-9(5)11(14,15)16/h4,10H,2-3H2,1H3. The molecule has 1 aromatic heterocycles. The van der Waals surface area contributed by atoms with Gasteiger partial charge in [-0.25, -0.2) is 13.8 Å². The van der Waals surface area contributed by atoms with Crippen LogP contribution in [0.1, 0.15) is 30.3 Å². The van der Waals surface area contributed by atoms with E-state index in [9.17, 15) is 26.7 Å². The third-order valence-corrected chi connectivity index (χ3v) is 3.17. The maximum Gasteiger partial charge on any atom is 0.433 e. The Morgan fingerprint density at radius 2 is 2.05 bits per heavy atom. The van der Waals surface area contributed by atoms with Crippen molar-refractivity contribution in [3.63, 3.8) is 0 Å². The Hall–Kier alpha value is -1.00. The lowest BCUT2D eigenvalue weighted by Crippen LogP contribution is -2.19. The zero-order chi connectivity index (χ0) is 15.5. The van der Waals surface area contributed by atoms with Gasteiger partial charge in [0.25, 0.3) is 6.43 Å². The van der Waals surface area contributed by atoms with Crippen LogP contribution in [0, 0.1) is 3.57 Å². The number of alkyl halides is 5. The third-order valence-electron chi connectivity index (χ3n) is 2.21. The highest BCUT2D eigenvalue weighted by Gasteiger charge is 2.38. The molecule has 0 aliphatic rings. The second-order valence-electron chi connectivity index (χ2n) is 3.64. The summed E-state index contributed by atoms with van der Waals surface area (Å²) in [5, 5.41) is 0. The maximum atomic E-state index is 12.8. The molecule has 0 unspecified atom stereocenters. The van der Waals surface area contributed by atoms with Crippen molar-refractivity contribution in [3.8, 4) is 0 Å². The van der Waals surface area contributed by atoms with E-state index in [1.165, 1.54) is 29.5 Å². The summed E-state index contributed by atoms with van der Waals surface area (Å²) in [6.07, 6.45) is -8.72. The van der Waals surface area contributed by atoms with Crippen molar-refractivity contribution in [3.05, 3.63) is 26.6 Å². The van der Waals surface area contributed by atoms with Gasteiger partial charge in [-0.05, 0) is 35.6 Å². The summed E-state index contributed by atoms with van der Waals surface area (Å²) in [6, 6.07) is 0.828. The van der Waals surface area contributed by atoms with Crippen LogP contribution in [0.3, 0.4) is 0 Å². The highest BCUT2D eigenvalue weighted by Crippen LogP contribution is 2.34. The van der Waals surface area contributed by atoms with E-state index in [1.54, 1.807) is 0 Å². The Labute approximate surface area is 124 Å². The molecule has 0 radical (unpaired) electrons. The Balaban J connectivity index is 3.31. The lowest BCUT2D eigenvalue weighted by molar-refractivity contribution is -0.144. The first kappa shape index (κ1) is 17.1. The first-order valence-corrected chi connectivity index (χ1v) is 6.45. The van der Waals surface area contributed by atoms with E-state index in [0.717, 1.165) is 6.07 Å². The normalized spacial score (nSPS) is 11.8. The molecule has 0 bridgehead atoms. The summed E-state index contributed by atoms with van der Waals surface area (Å²) in [5.74, 6) is -0.873. The van der Waals surface area contributed by atoms with E-state index in [-0.39, 0.29) is 10.2 Å². The molecule has 1 heterocycles. The van der Waals surface area contributed by atoms with Gasteiger partial charge < -0.3 is 4.74 Å². The second kappa shape index (κ2) is 6.64. The van der Waals surface area contributed by atoms with Gasteiger partial charge in [0.1, 0.15) is 11.4 Å². The molecule has 20 heavy (non-hydrogen) atoms. The van der Waals surface area contributed by atoms with Crippen LogP contribution in [0.15, 0.2) is 6.07 Å². The van der Waals surface area contributed by atoms with Crippen molar-refractivity contribution in [1.82, 2.24) is 4.98 Å². The molecule has 0 aliphatic heterocycles. The number of hydrogen-bond acceptors (Lipinski definition) is 3. The average molecular weight is 409 g/mol. The van der Waals surface area contributed by atoms with Gasteiger partial charge in [0.15, 0.2) is 0 Å². The van der Waals surface area contributed by atoms with E-state index in [4.69, 9.17) is 0 Å². The zero-order valence-corrected chi connectivity index (χ0v) is 12.3. The van der Waals surface area contributed by atoms with Crippen LogP contribution in [0.2, 0.25) is 0 Å². The molecule has 0 aliphatic carbocycles. The predicted molar refractivity (Wildman–Crippen MR) is 67.2 cm³/mol. The van der Waals surface area contributed by atoms with Gasteiger partial charge in [0.2, 0.25) is 0 Å². The molecule has 0 saturated heterocycles. The average Bonchev–Trinajstić information content (AvgIpc) is 2.29. The van der Waals surface area contributed by atoms with Crippen LogP contribution in [0.4, 0.5) is 22.0 Å². The fourth-order valence-electron chi connectivity index (χ4n) is 1.43. The summed E-state index contributed by atoms with van der Waals surface area (Å²) in [4.78, 5) is 14.2. The summed E-state index contributed by atoms with van der Waals surface area (Å²) in [5.41, 5.74) is -2.91. The lowest BCUT2D eigenvalue weighted by Gasteiger charge is -2.15. The minimum atomic E-state index is -4.92. The van der Waals surface area contributed by atoms with Crippen molar-refractivity contribution >= 4 is 28.6 Å². The minimum Gasteiger partial charge on any atom is -0.466 e. The number of hydrogen-bond donors (Lipinski definition) is 0. The number of pyridine rings is 1. The molecule has 0 spiro atoms. The Bertz CT molecular complexity index is 504. The van der Waals surface area contributed by atoms with Crippen molar-refractivity contribution < 1.29 is 31.5 Å². The number of aromatic nitrogens is 1. The van der Waals surface area contributed by atoms with Gasteiger partial charge >= 0.3 is 12.1 Å². The molecule has 0 aromatic carbocycles. The van der Waals surface area contributed by atoms with Gasteiger partial charge in [0, 0.05) is 9.13 Å². The van der Waals surface area contributed by atoms with Crippen molar-refractivity contribution in [1.29, 1.82) is 0 Å². The lowest BCUT2D eigenvalue weighted by atomic mass is 10.1. The van der Waals surface area contributed by atoms with Crippen LogP contribution in [-0.2, 0) is 22.1 Å². The second-order valence-corrected chi connectivity index (χ2v) is 4.80. The molecule has 1 rings (SSSR count).